The Morgan fingerprint density at radius 2 is 1.60 bits per heavy atom. The molecule has 0 aliphatic carbocycles. The topological polar surface area (TPSA) is 67.4 Å². The van der Waals surface area contributed by atoms with Crippen LogP contribution in [0.4, 0.5) is 0 Å². The van der Waals surface area contributed by atoms with Crippen molar-refractivity contribution in [2.24, 2.45) is 5.92 Å². The van der Waals surface area contributed by atoms with Gasteiger partial charge < -0.3 is 15.4 Å². The zero-order chi connectivity index (χ0) is 21.5. The highest BCUT2D eigenvalue weighted by Gasteiger charge is 2.24. The van der Waals surface area contributed by atoms with Crippen molar-refractivity contribution >= 4 is 22.6 Å². The van der Waals surface area contributed by atoms with Gasteiger partial charge in [-0.15, -0.1) is 0 Å². The van der Waals surface area contributed by atoms with E-state index >= 15 is 0 Å². The van der Waals surface area contributed by atoms with Gasteiger partial charge >= 0.3 is 0 Å². The fourth-order valence-electron chi connectivity index (χ4n) is 3.35. The summed E-state index contributed by atoms with van der Waals surface area (Å²) < 4.78 is 5.26. The lowest BCUT2D eigenvalue weighted by Gasteiger charge is -2.22. The third kappa shape index (κ3) is 5.60. The number of ether oxygens (including phenoxy) is 1. The summed E-state index contributed by atoms with van der Waals surface area (Å²) in [7, 11) is 1.65. The van der Waals surface area contributed by atoms with Gasteiger partial charge in [-0.2, -0.15) is 0 Å². The summed E-state index contributed by atoms with van der Waals surface area (Å²) >= 11 is 0. The maximum absolute atomic E-state index is 12.8. The van der Waals surface area contributed by atoms with Crippen LogP contribution in [0.2, 0.25) is 0 Å². The highest BCUT2D eigenvalue weighted by Crippen LogP contribution is 2.21. The van der Waals surface area contributed by atoms with Crippen LogP contribution >= 0.6 is 0 Å². The first-order valence-corrected chi connectivity index (χ1v) is 10.1. The monoisotopic (exact) mass is 404 g/mol. The number of methoxy groups -OCH3 is 1. The quantitative estimate of drug-likeness (QED) is 0.599. The van der Waals surface area contributed by atoms with Gasteiger partial charge in [0.1, 0.15) is 11.8 Å². The smallest absolute Gasteiger partial charge is 0.243 e. The van der Waals surface area contributed by atoms with E-state index in [9.17, 15) is 9.59 Å². The van der Waals surface area contributed by atoms with Crippen molar-refractivity contribution in [3.63, 3.8) is 0 Å². The molecular formula is C25H28N2O3. The second-order valence-electron chi connectivity index (χ2n) is 7.72. The number of rotatable bonds is 8. The average Bonchev–Trinajstić information content (AvgIpc) is 2.75. The van der Waals surface area contributed by atoms with Crippen LogP contribution in [0.5, 0.6) is 5.75 Å². The minimum absolute atomic E-state index is 0.0196. The van der Waals surface area contributed by atoms with Crippen LogP contribution < -0.4 is 15.4 Å². The molecule has 0 aliphatic heterocycles. The first kappa shape index (κ1) is 21.4. The highest BCUT2D eigenvalue weighted by molar-refractivity contribution is 5.89. The van der Waals surface area contributed by atoms with Crippen LogP contribution in [0.1, 0.15) is 25.0 Å². The van der Waals surface area contributed by atoms with Crippen molar-refractivity contribution in [3.05, 3.63) is 77.9 Å². The summed E-state index contributed by atoms with van der Waals surface area (Å²) in [6, 6.07) is 20.9. The maximum atomic E-state index is 12.8. The van der Waals surface area contributed by atoms with Crippen molar-refractivity contribution in [2.75, 3.05) is 7.11 Å². The zero-order valence-electron chi connectivity index (χ0n) is 17.6. The van der Waals surface area contributed by atoms with E-state index in [1.165, 1.54) is 0 Å². The van der Waals surface area contributed by atoms with Crippen molar-refractivity contribution in [1.29, 1.82) is 0 Å². The molecule has 0 bridgehead atoms. The SMILES string of the molecule is COc1ccc2cc(CNC(=O)C(NC(=O)Cc3ccccc3)C(C)C)ccc2c1. The number of hydrogen-bond acceptors (Lipinski definition) is 3. The molecule has 5 nitrogen and oxygen atoms in total. The highest BCUT2D eigenvalue weighted by atomic mass is 16.5. The van der Waals surface area contributed by atoms with Crippen molar-refractivity contribution < 1.29 is 14.3 Å². The minimum Gasteiger partial charge on any atom is -0.497 e. The van der Waals surface area contributed by atoms with Crippen LogP contribution in [0.25, 0.3) is 10.8 Å². The Kier molecular flexibility index (Phi) is 7.07. The Bertz CT molecular complexity index is 1020. The van der Waals surface area contributed by atoms with E-state index in [0.717, 1.165) is 27.6 Å². The summed E-state index contributed by atoms with van der Waals surface area (Å²) in [5.41, 5.74) is 1.92. The average molecular weight is 405 g/mol. The van der Waals surface area contributed by atoms with E-state index in [-0.39, 0.29) is 24.2 Å². The Morgan fingerprint density at radius 3 is 2.30 bits per heavy atom. The lowest BCUT2D eigenvalue weighted by molar-refractivity contribution is -0.129. The first-order valence-electron chi connectivity index (χ1n) is 10.1. The van der Waals surface area contributed by atoms with Crippen LogP contribution in [0.15, 0.2) is 66.7 Å². The molecule has 0 fully saturated rings. The first-order chi connectivity index (χ1) is 14.5. The van der Waals surface area contributed by atoms with Crippen LogP contribution in [-0.2, 0) is 22.6 Å². The number of benzene rings is 3. The minimum atomic E-state index is -0.578. The lowest BCUT2D eigenvalue weighted by Crippen LogP contribution is -2.49. The molecule has 0 radical (unpaired) electrons. The number of hydrogen-bond donors (Lipinski definition) is 2. The molecule has 3 rings (SSSR count). The Morgan fingerprint density at radius 1 is 0.900 bits per heavy atom. The summed E-state index contributed by atoms with van der Waals surface area (Å²) in [5, 5.41) is 8.00. The third-order valence-electron chi connectivity index (χ3n) is 5.05. The van der Waals surface area contributed by atoms with E-state index in [4.69, 9.17) is 4.74 Å². The molecular weight excluding hydrogens is 376 g/mol. The normalized spacial score (nSPS) is 11.9. The largest absolute Gasteiger partial charge is 0.497 e. The molecule has 0 saturated heterocycles. The van der Waals surface area contributed by atoms with Crippen LogP contribution in [0, 0.1) is 5.92 Å². The molecule has 0 heterocycles. The predicted octanol–water partition coefficient (Wildman–Crippen LogP) is 3.85. The second kappa shape index (κ2) is 9.92. The Balaban J connectivity index is 1.60. The number of carbonyl (C=O) groups is 2. The summed E-state index contributed by atoms with van der Waals surface area (Å²) in [6.07, 6.45) is 0.255. The summed E-state index contributed by atoms with van der Waals surface area (Å²) in [4.78, 5) is 25.2. The zero-order valence-corrected chi connectivity index (χ0v) is 17.6. The van der Waals surface area contributed by atoms with E-state index in [2.05, 4.69) is 10.6 Å². The van der Waals surface area contributed by atoms with Crippen molar-refractivity contribution in [2.45, 2.75) is 32.9 Å². The van der Waals surface area contributed by atoms with Gasteiger partial charge in [-0.25, -0.2) is 0 Å². The molecule has 1 atom stereocenters. The second-order valence-corrected chi connectivity index (χ2v) is 7.72. The van der Waals surface area contributed by atoms with Crippen LogP contribution in [-0.4, -0.2) is 25.0 Å². The molecule has 0 spiro atoms. The summed E-state index contributed by atoms with van der Waals surface area (Å²) in [5.74, 6) is 0.458. The van der Waals surface area contributed by atoms with Crippen molar-refractivity contribution in [3.8, 4) is 5.75 Å². The van der Waals surface area contributed by atoms with Crippen molar-refractivity contribution in [1.82, 2.24) is 10.6 Å². The van der Waals surface area contributed by atoms with E-state index in [1.54, 1.807) is 7.11 Å². The predicted molar refractivity (Wildman–Crippen MR) is 119 cm³/mol. The van der Waals surface area contributed by atoms with E-state index in [1.807, 2.05) is 80.6 Å². The Hall–Kier alpha value is -3.34. The molecule has 3 aromatic carbocycles. The molecule has 2 N–H and O–H groups in total. The van der Waals surface area contributed by atoms with Gasteiger partial charge in [0.2, 0.25) is 11.8 Å². The molecule has 0 saturated carbocycles. The van der Waals surface area contributed by atoms with Gasteiger partial charge in [0.05, 0.1) is 13.5 Å². The van der Waals surface area contributed by atoms with Gasteiger partial charge in [-0.3, -0.25) is 9.59 Å². The standard InChI is InChI=1S/C25H28N2O3/c1-17(2)24(27-23(28)14-18-7-5-4-6-8-18)25(29)26-16-19-9-10-21-15-22(30-3)12-11-20(21)13-19/h4-13,15,17,24H,14,16H2,1-3H3,(H,26,29)(H,27,28). The number of fused-ring (bicyclic) bond motifs is 1. The molecule has 1 unspecified atom stereocenters. The molecule has 30 heavy (non-hydrogen) atoms. The number of amides is 2. The molecule has 3 aromatic rings. The maximum Gasteiger partial charge on any atom is 0.243 e. The summed E-state index contributed by atoms with van der Waals surface area (Å²) in [6.45, 7) is 4.26. The van der Waals surface area contributed by atoms with E-state index in [0.29, 0.717) is 6.54 Å². The Labute approximate surface area is 177 Å². The lowest BCUT2D eigenvalue weighted by atomic mass is 10.0. The van der Waals surface area contributed by atoms with Gasteiger partial charge in [0.15, 0.2) is 0 Å². The fourth-order valence-corrected chi connectivity index (χ4v) is 3.35. The molecule has 5 heteroatoms. The molecule has 2 amide bonds. The van der Waals surface area contributed by atoms with E-state index < -0.39 is 6.04 Å². The molecule has 0 aliphatic rings. The van der Waals surface area contributed by atoms with Gasteiger partial charge in [0.25, 0.3) is 0 Å². The van der Waals surface area contributed by atoms with Gasteiger partial charge in [-0.05, 0) is 46.0 Å². The number of carbonyl (C=O) groups excluding carboxylic acids is 2. The number of nitrogens with one attached hydrogen (secondary N) is 2. The third-order valence-corrected chi connectivity index (χ3v) is 5.05. The van der Waals surface area contributed by atoms with Crippen LogP contribution in [0.3, 0.4) is 0 Å². The van der Waals surface area contributed by atoms with Gasteiger partial charge in [0, 0.05) is 6.54 Å². The molecule has 156 valence electrons. The fraction of sp³-hybridized carbons (Fsp3) is 0.280. The molecule has 0 aromatic heterocycles. The van der Waals surface area contributed by atoms with Gasteiger partial charge in [-0.1, -0.05) is 62.4 Å².